The number of rotatable bonds is 3. The molecule has 5 heteroatoms. The first-order valence-corrected chi connectivity index (χ1v) is 6.10. The molecule has 1 aromatic rings. The van der Waals surface area contributed by atoms with E-state index in [2.05, 4.69) is 22.9 Å². The molecular weight excluding hydrogens is 230 g/mol. The smallest absolute Gasteiger partial charge is 0.242 e. The zero-order chi connectivity index (χ0) is 13.0. The van der Waals surface area contributed by atoms with Crippen molar-refractivity contribution in [2.24, 2.45) is 0 Å². The summed E-state index contributed by atoms with van der Waals surface area (Å²) >= 11 is 0. The molecule has 1 saturated heterocycles. The van der Waals surface area contributed by atoms with Gasteiger partial charge in [0, 0.05) is 30.9 Å². The van der Waals surface area contributed by atoms with Gasteiger partial charge in [0.25, 0.3) is 0 Å². The fraction of sp³-hybridized carbons (Fsp3) is 0.462. The van der Waals surface area contributed by atoms with Gasteiger partial charge in [0.2, 0.25) is 5.91 Å². The Bertz CT molecular complexity index is 414. The van der Waals surface area contributed by atoms with Gasteiger partial charge in [-0.2, -0.15) is 0 Å². The number of ether oxygens (including phenoxy) is 1. The van der Waals surface area contributed by atoms with Crippen molar-refractivity contribution in [1.29, 1.82) is 0 Å². The Morgan fingerprint density at radius 3 is 2.89 bits per heavy atom. The fourth-order valence-corrected chi connectivity index (χ4v) is 1.90. The molecule has 18 heavy (non-hydrogen) atoms. The number of hydrogen-bond acceptors (Lipinski definition) is 4. The molecule has 2 rings (SSSR count). The highest BCUT2D eigenvalue weighted by atomic mass is 16.5. The van der Waals surface area contributed by atoms with E-state index in [1.807, 2.05) is 18.2 Å². The standard InChI is InChI=1S/C13H19N3O2/c1-9-7-15-12(8-14-9)13(17)16-10-4-3-5-11(6-10)18-2/h3-6,9,12,14-15H,7-8H2,1-2H3,(H,16,17). The quantitative estimate of drug-likeness (QED) is 0.733. The summed E-state index contributed by atoms with van der Waals surface area (Å²) in [5, 5.41) is 9.36. The molecule has 3 N–H and O–H groups in total. The van der Waals surface area contributed by atoms with Crippen LogP contribution >= 0.6 is 0 Å². The van der Waals surface area contributed by atoms with Gasteiger partial charge in [-0.05, 0) is 19.1 Å². The Morgan fingerprint density at radius 2 is 2.22 bits per heavy atom. The van der Waals surface area contributed by atoms with Crippen molar-refractivity contribution in [3.05, 3.63) is 24.3 Å². The Hall–Kier alpha value is -1.59. The van der Waals surface area contributed by atoms with Gasteiger partial charge in [0.05, 0.1) is 13.2 Å². The van der Waals surface area contributed by atoms with E-state index in [1.165, 1.54) is 0 Å². The molecular formula is C13H19N3O2. The summed E-state index contributed by atoms with van der Waals surface area (Å²) in [5.41, 5.74) is 0.750. The first kappa shape index (κ1) is 12.9. The van der Waals surface area contributed by atoms with Crippen LogP contribution in [0.15, 0.2) is 24.3 Å². The van der Waals surface area contributed by atoms with Crippen LogP contribution < -0.4 is 20.7 Å². The number of benzene rings is 1. The van der Waals surface area contributed by atoms with Crippen molar-refractivity contribution >= 4 is 11.6 Å². The van der Waals surface area contributed by atoms with Gasteiger partial charge in [-0.1, -0.05) is 6.07 Å². The molecule has 0 saturated carbocycles. The number of hydrogen-bond donors (Lipinski definition) is 3. The highest BCUT2D eigenvalue weighted by Crippen LogP contribution is 2.16. The Labute approximate surface area is 107 Å². The highest BCUT2D eigenvalue weighted by molar-refractivity contribution is 5.95. The van der Waals surface area contributed by atoms with Gasteiger partial charge in [0.1, 0.15) is 5.75 Å². The van der Waals surface area contributed by atoms with Crippen LogP contribution in [0.3, 0.4) is 0 Å². The minimum absolute atomic E-state index is 0.0253. The maximum absolute atomic E-state index is 12.0. The molecule has 1 amide bonds. The van der Waals surface area contributed by atoms with E-state index in [4.69, 9.17) is 4.74 Å². The van der Waals surface area contributed by atoms with Crippen LogP contribution in [0.5, 0.6) is 5.75 Å². The van der Waals surface area contributed by atoms with E-state index in [1.54, 1.807) is 13.2 Å². The van der Waals surface area contributed by atoms with Crippen molar-refractivity contribution in [2.75, 3.05) is 25.5 Å². The molecule has 1 aliphatic rings. The third-order valence-corrected chi connectivity index (χ3v) is 2.99. The Balaban J connectivity index is 1.94. The monoisotopic (exact) mass is 249 g/mol. The lowest BCUT2D eigenvalue weighted by Crippen LogP contribution is -2.57. The van der Waals surface area contributed by atoms with E-state index in [-0.39, 0.29) is 11.9 Å². The summed E-state index contributed by atoms with van der Waals surface area (Å²) in [4.78, 5) is 12.0. The molecule has 0 aliphatic carbocycles. The molecule has 1 heterocycles. The molecule has 5 nitrogen and oxygen atoms in total. The van der Waals surface area contributed by atoms with E-state index in [9.17, 15) is 4.79 Å². The molecule has 2 atom stereocenters. The molecule has 1 aliphatic heterocycles. The zero-order valence-electron chi connectivity index (χ0n) is 10.7. The summed E-state index contributed by atoms with van der Waals surface area (Å²) in [6, 6.07) is 7.56. The van der Waals surface area contributed by atoms with E-state index < -0.39 is 0 Å². The number of anilines is 1. The summed E-state index contributed by atoms with van der Waals surface area (Å²) in [6.45, 7) is 3.54. The fourth-order valence-electron chi connectivity index (χ4n) is 1.90. The molecule has 0 radical (unpaired) electrons. The number of carbonyl (C=O) groups excluding carboxylic acids is 1. The van der Waals surface area contributed by atoms with Crippen molar-refractivity contribution in [1.82, 2.24) is 10.6 Å². The molecule has 1 fully saturated rings. The highest BCUT2D eigenvalue weighted by Gasteiger charge is 2.23. The third kappa shape index (κ3) is 3.21. The van der Waals surface area contributed by atoms with E-state index in [0.29, 0.717) is 12.6 Å². The van der Waals surface area contributed by atoms with Gasteiger partial charge in [0.15, 0.2) is 0 Å². The number of carbonyl (C=O) groups is 1. The van der Waals surface area contributed by atoms with Crippen molar-refractivity contribution in [3.8, 4) is 5.75 Å². The van der Waals surface area contributed by atoms with Crippen LogP contribution in [0.2, 0.25) is 0 Å². The van der Waals surface area contributed by atoms with Crippen LogP contribution in [0.4, 0.5) is 5.69 Å². The second kappa shape index (κ2) is 5.84. The molecule has 0 spiro atoms. The topological polar surface area (TPSA) is 62.4 Å². The van der Waals surface area contributed by atoms with Crippen LogP contribution in [-0.4, -0.2) is 38.2 Å². The molecule has 0 bridgehead atoms. The lowest BCUT2D eigenvalue weighted by atomic mass is 10.1. The van der Waals surface area contributed by atoms with E-state index in [0.717, 1.165) is 18.0 Å². The van der Waals surface area contributed by atoms with Gasteiger partial charge in [-0.25, -0.2) is 0 Å². The number of piperazine rings is 1. The average molecular weight is 249 g/mol. The number of methoxy groups -OCH3 is 1. The van der Waals surface area contributed by atoms with Crippen LogP contribution in [-0.2, 0) is 4.79 Å². The van der Waals surface area contributed by atoms with Gasteiger partial charge >= 0.3 is 0 Å². The second-order valence-corrected chi connectivity index (χ2v) is 4.49. The minimum atomic E-state index is -0.188. The van der Waals surface area contributed by atoms with E-state index >= 15 is 0 Å². The predicted molar refractivity (Wildman–Crippen MR) is 70.9 cm³/mol. The first-order valence-electron chi connectivity index (χ1n) is 6.10. The van der Waals surface area contributed by atoms with Crippen molar-refractivity contribution in [3.63, 3.8) is 0 Å². The minimum Gasteiger partial charge on any atom is -0.497 e. The zero-order valence-corrected chi connectivity index (χ0v) is 10.7. The SMILES string of the molecule is COc1cccc(NC(=O)C2CNC(C)CN2)c1. The Morgan fingerprint density at radius 1 is 1.39 bits per heavy atom. The molecule has 0 aromatic heterocycles. The Kier molecular flexibility index (Phi) is 4.17. The normalized spacial score (nSPS) is 23.4. The summed E-state index contributed by atoms with van der Waals surface area (Å²) in [6.07, 6.45) is 0. The van der Waals surface area contributed by atoms with Crippen molar-refractivity contribution in [2.45, 2.75) is 19.0 Å². The van der Waals surface area contributed by atoms with Gasteiger partial charge in [-0.15, -0.1) is 0 Å². The lowest BCUT2D eigenvalue weighted by molar-refractivity contribution is -0.118. The molecule has 2 unspecified atom stereocenters. The van der Waals surface area contributed by atoms with Gasteiger partial charge < -0.3 is 20.7 Å². The number of nitrogens with one attached hydrogen (secondary N) is 3. The average Bonchev–Trinajstić information content (AvgIpc) is 2.39. The summed E-state index contributed by atoms with van der Waals surface area (Å²) < 4.78 is 5.12. The summed E-state index contributed by atoms with van der Waals surface area (Å²) in [5.74, 6) is 0.707. The maximum Gasteiger partial charge on any atom is 0.242 e. The van der Waals surface area contributed by atoms with Crippen LogP contribution in [0.25, 0.3) is 0 Å². The van der Waals surface area contributed by atoms with Crippen molar-refractivity contribution < 1.29 is 9.53 Å². The molecule has 1 aromatic carbocycles. The van der Waals surface area contributed by atoms with Gasteiger partial charge in [-0.3, -0.25) is 4.79 Å². The summed E-state index contributed by atoms with van der Waals surface area (Å²) in [7, 11) is 1.61. The van der Waals surface area contributed by atoms with Crippen LogP contribution in [0.1, 0.15) is 6.92 Å². The largest absolute Gasteiger partial charge is 0.497 e. The molecule has 98 valence electrons. The maximum atomic E-state index is 12.0. The predicted octanol–water partition coefficient (Wildman–Crippen LogP) is 0.584. The lowest BCUT2D eigenvalue weighted by Gasteiger charge is -2.28. The number of amides is 1. The second-order valence-electron chi connectivity index (χ2n) is 4.49. The first-order chi connectivity index (χ1) is 8.69. The van der Waals surface area contributed by atoms with Crippen LogP contribution in [0, 0.1) is 0 Å². The third-order valence-electron chi connectivity index (χ3n) is 2.99.